The van der Waals surface area contributed by atoms with Crippen molar-refractivity contribution in [3.05, 3.63) is 88.2 Å². The van der Waals surface area contributed by atoms with Crippen LogP contribution in [-0.2, 0) is 46.6 Å². The summed E-state index contributed by atoms with van der Waals surface area (Å²) in [4.78, 5) is 51.9. The largest absolute Gasteiger partial charge is 0.497 e. The molecule has 1 aromatic heterocycles. The SMILES string of the molecule is COc1ccc(COC(=O)CCC(=O)OCCC(=C2C(=O)N3C(C(=O)OCc4ccc(OC)cc4)=CS[C@H]23)c2cn[nH]n2)cc1. The molecule has 1 atom stereocenters. The number of rotatable bonds is 14. The molecule has 1 N–H and O–H groups in total. The van der Waals surface area contributed by atoms with Crippen molar-refractivity contribution in [1.29, 1.82) is 0 Å². The van der Waals surface area contributed by atoms with Crippen LogP contribution >= 0.6 is 11.8 Å². The number of carbonyl (C=O) groups excluding carboxylic acids is 4. The third-order valence-corrected chi connectivity index (χ3v) is 8.06. The highest BCUT2D eigenvalue weighted by Crippen LogP contribution is 2.47. The fourth-order valence-electron chi connectivity index (χ4n) is 4.57. The fraction of sp³-hybridized carbons (Fsp3) is 0.290. The first-order valence-corrected chi connectivity index (χ1v) is 14.8. The van der Waals surface area contributed by atoms with Gasteiger partial charge in [-0.2, -0.15) is 15.4 Å². The maximum Gasteiger partial charge on any atom is 0.355 e. The number of nitrogens with one attached hydrogen (secondary N) is 1. The molecule has 45 heavy (non-hydrogen) atoms. The summed E-state index contributed by atoms with van der Waals surface area (Å²) in [7, 11) is 3.13. The average molecular weight is 635 g/mol. The zero-order valence-corrected chi connectivity index (χ0v) is 25.3. The predicted octanol–water partition coefficient (Wildman–Crippen LogP) is 3.53. The topological polar surface area (TPSA) is 159 Å². The lowest BCUT2D eigenvalue weighted by molar-refractivity contribution is -0.151. The summed E-state index contributed by atoms with van der Waals surface area (Å²) in [5, 5.41) is 11.6. The quantitative estimate of drug-likeness (QED) is 0.119. The lowest BCUT2D eigenvalue weighted by atomic mass is 9.94. The monoisotopic (exact) mass is 634 g/mol. The maximum atomic E-state index is 13.3. The van der Waals surface area contributed by atoms with Gasteiger partial charge >= 0.3 is 17.9 Å². The average Bonchev–Trinajstić information content (AvgIpc) is 3.74. The summed E-state index contributed by atoms with van der Waals surface area (Å²) in [6.07, 6.45) is 1.34. The van der Waals surface area contributed by atoms with Crippen LogP contribution in [0.2, 0.25) is 0 Å². The van der Waals surface area contributed by atoms with E-state index in [0.717, 1.165) is 11.1 Å². The molecule has 1 fully saturated rings. The van der Waals surface area contributed by atoms with E-state index < -0.39 is 23.3 Å². The van der Waals surface area contributed by atoms with Crippen molar-refractivity contribution in [1.82, 2.24) is 20.3 Å². The molecule has 5 rings (SSSR count). The second-order valence-electron chi connectivity index (χ2n) is 9.82. The van der Waals surface area contributed by atoms with Gasteiger partial charge in [0.15, 0.2) is 0 Å². The van der Waals surface area contributed by atoms with E-state index in [1.165, 1.54) is 22.9 Å². The summed E-state index contributed by atoms with van der Waals surface area (Å²) in [6.45, 7) is 0.0597. The van der Waals surface area contributed by atoms with E-state index in [9.17, 15) is 19.2 Å². The molecule has 0 bridgehead atoms. The number of thioether (sulfide) groups is 1. The Bertz CT molecular complexity index is 1600. The number of hydrogen-bond donors (Lipinski definition) is 1. The number of benzene rings is 2. The molecule has 2 aliphatic heterocycles. The molecule has 234 valence electrons. The van der Waals surface area contributed by atoms with Gasteiger partial charge in [-0.15, -0.1) is 11.8 Å². The number of ether oxygens (including phenoxy) is 5. The van der Waals surface area contributed by atoms with Crippen LogP contribution < -0.4 is 9.47 Å². The van der Waals surface area contributed by atoms with Gasteiger partial charge in [0.05, 0.1) is 45.4 Å². The molecule has 2 aromatic carbocycles. The molecule has 0 radical (unpaired) electrons. The van der Waals surface area contributed by atoms with Crippen LogP contribution in [0.3, 0.4) is 0 Å². The normalized spacial score (nSPS) is 16.2. The van der Waals surface area contributed by atoms with Crippen LogP contribution in [0.25, 0.3) is 5.57 Å². The van der Waals surface area contributed by atoms with Gasteiger partial charge in [-0.3, -0.25) is 19.3 Å². The Morgan fingerprint density at radius 1 is 0.844 bits per heavy atom. The van der Waals surface area contributed by atoms with Crippen LogP contribution in [0.4, 0.5) is 0 Å². The van der Waals surface area contributed by atoms with Crippen LogP contribution in [0.5, 0.6) is 11.5 Å². The number of aromatic nitrogens is 3. The molecule has 0 unspecified atom stereocenters. The van der Waals surface area contributed by atoms with Crippen molar-refractivity contribution in [2.75, 3.05) is 20.8 Å². The Kier molecular flexibility index (Phi) is 10.1. The van der Waals surface area contributed by atoms with Crippen LogP contribution in [0.1, 0.15) is 36.1 Å². The fourth-order valence-corrected chi connectivity index (χ4v) is 5.75. The molecule has 14 heteroatoms. The van der Waals surface area contributed by atoms with Crippen molar-refractivity contribution < 1.29 is 42.9 Å². The van der Waals surface area contributed by atoms with E-state index >= 15 is 0 Å². The lowest BCUT2D eigenvalue weighted by Gasteiger charge is -2.39. The number of carbonyl (C=O) groups is 4. The van der Waals surface area contributed by atoms with Gasteiger partial charge in [0.25, 0.3) is 5.91 Å². The van der Waals surface area contributed by atoms with Gasteiger partial charge in [-0.1, -0.05) is 24.3 Å². The third kappa shape index (κ3) is 7.52. The van der Waals surface area contributed by atoms with Gasteiger partial charge in [-0.25, -0.2) is 4.79 Å². The van der Waals surface area contributed by atoms with Crippen molar-refractivity contribution in [3.8, 4) is 11.5 Å². The molecule has 0 spiro atoms. The number of aromatic amines is 1. The van der Waals surface area contributed by atoms with Crippen LogP contribution in [-0.4, -0.2) is 70.3 Å². The van der Waals surface area contributed by atoms with Crippen molar-refractivity contribution >= 4 is 41.2 Å². The lowest BCUT2D eigenvalue weighted by Crippen LogP contribution is -2.52. The van der Waals surface area contributed by atoms with Gasteiger partial charge in [-0.05, 0) is 41.0 Å². The minimum absolute atomic E-state index is 0.0379. The van der Waals surface area contributed by atoms with E-state index in [4.69, 9.17) is 23.7 Å². The Morgan fingerprint density at radius 3 is 2.02 bits per heavy atom. The number of nitrogens with zero attached hydrogens (tertiary/aromatic N) is 3. The molecule has 0 aliphatic carbocycles. The second kappa shape index (κ2) is 14.6. The van der Waals surface area contributed by atoms with E-state index in [1.54, 1.807) is 68.2 Å². The number of amides is 1. The van der Waals surface area contributed by atoms with E-state index in [1.807, 2.05) is 0 Å². The summed E-state index contributed by atoms with van der Waals surface area (Å²) >= 11 is 1.29. The van der Waals surface area contributed by atoms with Gasteiger partial charge < -0.3 is 23.7 Å². The summed E-state index contributed by atoms with van der Waals surface area (Å²) in [6, 6.07) is 14.2. The van der Waals surface area contributed by atoms with Crippen molar-refractivity contribution in [3.63, 3.8) is 0 Å². The molecule has 13 nitrogen and oxygen atoms in total. The first kappa shape index (κ1) is 31.3. The standard InChI is InChI=1S/C31H30N4O9S/c1-40-21-7-3-19(4-8-21)16-43-27(37)12-11-26(36)42-14-13-23(24-15-32-34-33-24)28-29(38)35-25(18-45-30(28)35)31(39)44-17-20-5-9-22(41-2)10-6-20/h3-10,15,18,30H,11-14,16-17H2,1-2H3,(H,32,33,34)/t30-/m1/s1. The molecule has 0 saturated carbocycles. The number of H-pyrrole nitrogens is 1. The van der Waals surface area contributed by atoms with Gasteiger partial charge in [0.2, 0.25) is 0 Å². The molecular weight excluding hydrogens is 604 g/mol. The summed E-state index contributed by atoms with van der Waals surface area (Å²) in [5.41, 5.74) is 3.11. The second-order valence-corrected chi connectivity index (χ2v) is 10.8. The minimum atomic E-state index is -0.618. The Balaban J connectivity index is 1.11. The first-order valence-electron chi connectivity index (χ1n) is 13.9. The van der Waals surface area contributed by atoms with Gasteiger partial charge in [0.1, 0.15) is 41.5 Å². The van der Waals surface area contributed by atoms with Gasteiger partial charge in [0, 0.05) is 11.8 Å². The first-order chi connectivity index (χ1) is 21.9. The predicted molar refractivity (Wildman–Crippen MR) is 160 cm³/mol. The summed E-state index contributed by atoms with van der Waals surface area (Å²) < 4.78 is 26.2. The highest BCUT2D eigenvalue weighted by Gasteiger charge is 2.51. The van der Waals surface area contributed by atoms with Crippen LogP contribution in [0.15, 0.2) is 71.4 Å². The third-order valence-electron chi connectivity index (χ3n) is 6.99. The Hall–Kier alpha value is -5.11. The zero-order chi connectivity index (χ0) is 31.8. The smallest absolute Gasteiger partial charge is 0.355 e. The van der Waals surface area contributed by atoms with Crippen LogP contribution in [0, 0.1) is 0 Å². The minimum Gasteiger partial charge on any atom is -0.497 e. The summed E-state index contributed by atoms with van der Waals surface area (Å²) in [5.74, 6) is -0.723. The highest BCUT2D eigenvalue weighted by atomic mass is 32.2. The Morgan fingerprint density at radius 2 is 1.44 bits per heavy atom. The van der Waals surface area contributed by atoms with Crippen molar-refractivity contribution in [2.24, 2.45) is 0 Å². The molecule has 2 aliphatic rings. The van der Waals surface area contributed by atoms with Crippen molar-refractivity contribution in [2.45, 2.75) is 37.9 Å². The molecular formula is C31H30N4O9S. The van der Waals surface area contributed by atoms with E-state index in [2.05, 4.69) is 15.4 Å². The number of fused-ring (bicyclic) bond motifs is 1. The number of esters is 3. The maximum absolute atomic E-state index is 13.3. The number of β-lactam (4-membered cyclic amide) rings is 1. The highest BCUT2D eigenvalue weighted by molar-refractivity contribution is 8.03. The molecule has 1 amide bonds. The van der Waals surface area contributed by atoms with E-state index in [-0.39, 0.29) is 50.7 Å². The molecule has 1 saturated heterocycles. The Labute approximate surface area is 262 Å². The zero-order valence-electron chi connectivity index (χ0n) is 24.5. The number of methoxy groups -OCH3 is 2. The number of hydrogen-bond acceptors (Lipinski definition) is 12. The van der Waals surface area contributed by atoms with E-state index in [0.29, 0.717) is 28.3 Å². The molecule has 3 heterocycles. The molecule has 3 aromatic rings.